The summed E-state index contributed by atoms with van der Waals surface area (Å²) in [6.07, 6.45) is 2.06. The summed E-state index contributed by atoms with van der Waals surface area (Å²) < 4.78 is 7.21. The number of imidazole rings is 1. The minimum atomic E-state index is 0.498. The number of hydrogen-bond donors (Lipinski definition) is 1. The van der Waals surface area contributed by atoms with Gasteiger partial charge >= 0.3 is 0 Å². The molecule has 0 bridgehead atoms. The fourth-order valence-electron chi connectivity index (χ4n) is 1.54. The molecule has 1 aromatic heterocycles. The molecule has 1 aromatic rings. The van der Waals surface area contributed by atoms with Crippen LogP contribution in [0.15, 0.2) is 6.20 Å². The average Bonchev–Trinajstić information content (AvgIpc) is 2.56. The lowest BCUT2D eigenvalue weighted by Gasteiger charge is -2.12. The lowest BCUT2D eigenvalue weighted by atomic mass is 10.2. The molecule has 1 unspecified atom stereocenters. The summed E-state index contributed by atoms with van der Waals surface area (Å²) in [7, 11) is 1.73. The summed E-state index contributed by atoms with van der Waals surface area (Å²) in [5, 5.41) is 3.34. The Hall–Kier alpha value is -1.03. The molecule has 1 atom stereocenters. The maximum Gasteiger partial charge on any atom is 0.203 e. The number of rotatable bonds is 6. The normalized spacial score (nSPS) is 12.8. The number of anilines is 1. The van der Waals surface area contributed by atoms with Gasteiger partial charge in [-0.25, -0.2) is 4.98 Å². The number of methoxy groups -OCH3 is 1. The first-order valence-corrected chi connectivity index (χ1v) is 5.44. The molecule has 4 heteroatoms. The van der Waals surface area contributed by atoms with Gasteiger partial charge in [0.2, 0.25) is 5.95 Å². The maximum atomic E-state index is 5.09. The van der Waals surface area contributed by atoms with E-state index in [4.69, 9.17) is 4.74 Å². The first-order chi connectivity index (χ1) is 7.17. The average molecular weight is 211 g/mol. The molecule has 1 N–H and O–H groups in total. The SMILES string of the molecule is CCn1cc(C)nc1NCC(C)COC. The van der Waals surface area contributed by atoms with E-state index in [0.29, 0.717) is 5.92 Å². The zero-order valence-corrected chi connectivity index (χ0v) is 10.1. The maximum absolute atomic E-state index is 5.09. The van der Waals surface area contributed by atoms with Gasteiger partial charge in [0.15, 0.2) is 0 Å². The molecule has 86 valence electrons. The van der Waals surface area contributed by atoms with E-state index in [1.54, 1.807) is 7.11 Å². The summed E-state index contributed by atoms with van der Waals surface area (Å²) in [6.45, 7) is 8.90. The minimum absolute atomic E-state index is 0.498. The third kappa shape index (κ3) is 3.55. The topological polar surface area (TPSA) is 39.1 Å². The second-order valence-corrected chi connectivity index (χ2v) is 3.93. The molecule has 0 aromatic carbocycles. The predicted molar refractivity (Wildman–Crippen MR) is 62.2 cm³/mol. The van der Waals surface area contributed by atoms with Crippen LogP contribution in [0.25, 0.3) is 0 Å². The van der Waals surface area contributed by atoms with E-state index in [0.717, 1.165) is 31.3 Å². The monoisotopic (exact) mass is 211 g/mol. The molecule has 0 aliphatic carbocycles. The lowest BCUT2D eigenvalue weighted by molar-refractivity contribution is 0.164. The largest absolute Gasteiger partial charge is 0.384 e. The minimum Gasteiger partial charge on any atom is -0.384 e. The van der Waals surface area contributed by atoms with Crippen LogP contribution in [0.3, 0.4) is 0 Å². The summed E-state index contributed by atoms with van der Waals surface area (Å²) in [5.41, 5.74) is 1.05. The van der Waals surface area contributed by atoms with E-state index in [9.17, 15) is 0 Å². The van der Waals surface area contributed by atoms with Gasteiger partial charge in [-0.3, -0.25) is 0 Å². The Morgan fingerprint density at radius 1 is 1.60 bits per heavy atom. The first-order valence-electron chi connectivity index (χ1n) is 5.44. The quantitative estimate of drug-likeness (QED) is 0.781. The third-order valence-electron chi connectivity index (χ3n) is 2.30. The van der Waals surface area contributed by atoms with E-state index in [2.05, 4.69) is 34.9 Å². The van der Waals surface area contributed by atoms with E-state index < -0.39 is 0 Å². The number of hydrogen-bond acceptors (Lipinski definition) is 3. The number of aryl methyl sites for hydroxylation is 2. The Morgan fingerprint density at radius 2 is 2.33 bits per heavy atom. The predicted octanol–water partition coefficient (Wildman–Crippen LogP) is 1.91. The number of aromatic nitrogens is 2. The summed E-state index contributed by atoms with van der Waals surface area (Å²) in [5.74, 6) is 1.45. The summed E-state index contributed by atoms with van der Waals surface area (Å²) in [4.78, 5) is 4.42. The van der Waals surface area contributed by atoms with Crippen molar-refractivity contribution in [3.05, 3.63) is 11.9 Å². The zero-order valence-electron chi connectivity index (χ0n) is 10.1. The third-order valence-corrected chi connectivity index (χ3v) is 2.30. The highest BCUT2D eigenvalue weighted by molar-refractivity contribution is 5.28. The molecule has 4 nitrogen and oxygen atoms in total. The Bertz CT molecular complexity index is 296. The molecule has 0 aliphatic rings. The van der Waals surface area contributed by atoms with Gasteiger partial charge in [0.25, 0.3) is 0 Å². The van der Waals surface area contributed by atoms with Crippen LogP contribution < -0.4 is 5.32 Å². The Morgan fingerprint density at radius 3 is 2.93 bits per heavy atom. The molecular formula is C11H21N3O. The molecule has 0 spiro atoms. The molecule has 1 rings (SSSR count). The fraction of sp³-hybridized carbons (Fsp3) is 0.727. The highest BCUT2D eigenvalue weighted by atomic mass is 16.5. The smallest absolute Gasteiger partial charge is 0.203 e. The number of nitrogens with one attached hydrogen (secondary N) is 1. The van der Waals surface area contributed by atoms with E-state index in [-0.39, 0.29) is 0 Å². The second-order valence-electron chi connectivity index (χ2n) is 3.93. The van der Waals surface area contributed by atoms with Crippen LogP contribution in [0, 0.1) is 12.8 Å². The van der Waals surface area contributed by atoms with Gasteiger partial charge in [-0.1, -0.05) is 6.92 Å². The molecule has 0 fully saturated rings. The number of nitrogens with zero attached hydrogens (tertiary/aromatic N) is 2. The number of ether oxygens (including phenoxy) is 1. The highest BCUT2D eigenvalue weighted by Gasteiger charge is 2.06. The summed E-state index contributed by atoms with van der Waals surface area (Å²) >= 11 is 0. The standard InChI is InChI=1S/C11H21N3O/c1-5-14-7-10(3)13-11(14)12-6-9(2)8-15-4/h7,9H,5-6,8H2,1-4H3,(H,12,13). The van der Waals surface area contributed by atoms with Crippen molar-refractivity contribution in [2.45, 2.75) is 27.3 Å². The first kappa shape index (κ1) is 12.0. The van der Waals surface area contributed by atoms with Crippen molar-refractivity contribution < 1.29 is 4.74 Å². The van der Waals surface area contributed by atoms with Gasteiger partial charge in [0, 0.05) is 26.4 Å². The molecule has 0 amide bonds. The van der Waals surface area contributed by atoms with Gasteiger partial charge < -0.3 is 14.6 Å². The zero-order chi connectivity index (χ0) is 11.3. The molecule has 0 aliphatic heterocycles. The molecule has 0 saturated heterocycles. The van der Waals surface area contributed by atoms with Crippen LogP contribution in [-0.4, -0.2) is 29.8 Å². The Balaban J connectivity index is 2.49. The molecule has 1 heterocycles. The van der Waals surface area contributed by atoms with Gasteiger partial charge in [0.05, 0.1) is 12.3 Å². The van der Waals surface area contributed by atoms with Crippen molar-refractivity contribution in [2.24, 2.45) is 5.92 Å². The molecule has 0 radical (unpaired) electrons. The van der Waals surface area contributed by atoms with Crippen LogP contribution in [0.4, 0.5) is 5.95 Å². The van der Waals surface area contributed by atoms with E-state index in [1.165, 1.54) is 0 Å². The van der Waals surface area contributed by atoms with Crippen molar-refractivity contribution in [3.63, 3.8) is 0 Å². The van der Waals surface area contributed by atoms with Crippen LogP contribution in [-0.2, 0) is 11.3 Å². The summed E-state index contributed by atoms with van der Waals surface area (Å²) in [6, 6.07) is 0. The van der Waals surface area contributed by atoms with Crippen molar-refractivity contribution >= 4 is 5.95 Å². The van der Waals surface area contributed by atoms with Crippen molar-refractivity contribution in [1.29, 1.82) is 0 Å². The fourth-order valence-corrected chi connectivity index (χ4v) is 1.54. The van der Waals surface area contributed by atoms with Crippen LogP contribution in [0.2, 0.25) is 0 Å². The van der Waals surface area contributed by atoms with E-state index in [1.807, 2.05) is 6.92 Å². The van der Waals surface area contributed by atoms with Crippen LogP contribution in [0.5, 0.6) is 0 Å². The van der Waals surface area contributed by atoms with E-state index >= 15 is 0 Å². The van der Waals surface area contributed by atoms with Crippen molar-refractivity contribution in [2.75, 3.05) is 25.6 Å². The van der Waals surface area contributed by atoms with Gasteiger partial charge in [0.1, 0.15) is 0 Å². The van der Waals surface area contributed by atoms with Crippen molar-refractivity contribution in [3.8, 4) is 0 Å². The molecule has 0 saturated carbocycles. The van der Waals surface area contributed by atoms with Gasteiger partial charge in [-0.05, 0) is 19.8 Å². The Kier molecular flexibility index (Phi) is 4.62. The van der Waals surface area contributed by atoms with Gasteiger partial charge in [-0.2, -0.15) is 0 Å². The van der Waals surface area contributed by atoms with Crippen LogP contribution in [0.1, 0.15) is 19.5 Å². The molecular weight excluding hydrogens is 190 g/mol. The van der Waals surface area contributed by atoms with Crippen molar-refractivity contribution in [1.82, 2.24) is 9.55 Å². The lowest BCUT2D eigenvalue weighted by Crippen LogP contribution is -2.17. The van der Waals surface area contributed by atoms with Gasteiger partial charge in [-0.15, -0.1) is 0 Å². The molecule has 15 heavy (non-hydrogen) atoms. The second kappa shape index (κ2) is 5.75. The highest BCUT2D eigenvalue weighted by Crippen LogP contribution is 2.08. The Labute approximate surface area is 91.7 Å². The van der Waals surface area contributed by atoms with Crippen LogP contribution >= 0.6 is 0 Å².